The van der Waals surface area contributed by atoms with Crippen molar-refractivity contribution >= 4 is 0 Å². The number of ether oxygens (including phenoxy) is 2. The van der Waals surface area contributed by atoms with Crippen molar-refractivity contribution < 1.29 is 9.47 Å². The van der Waals surface area contributed by atoms with Crippen molar-refractivity contribution in [2.24, 2.45) is 0 Å². The normalized spacial score (nSPS) is 11.9. The SMILES string of the molecule is C=CCOc1cc(C(C)(C)C)c(OCC=C)cc1C(C)(C)C. The minimum atomic E-state index is -0.0286. The first-order chi connectivity index (χ1) is 10.1. The van der Waals surface area contributed by atoms with Crippen molar-refractivity contribution in [3.05, 3.63) is 48.6 Å². The summed E-state index contributed by atoms with van der Waals surface area (Å²) >= 11 is 0. The fourth-order valence-electron chi connectivity index (χ4n) is 2.27. The van der Waals surface area contributed by atoms with Gasteiger partial charge in [-0.2, -0.15) is 0 Å². The quantitative estimate of drug-likeness (QED) is 0.654. The maximum absolute atomic E-state index is 5.91. The van der Waals surface area contributed by atoms with Crippen LogP contribution >= 0.6 is 0 Å². The van der Waals surface area contributed by atoms with Gasteiger partial charge in [0.15, 0.2) is 0 Å². The Balaban J connectivity index is 3.48. The van der Waals surface area contributed by atoms with Gasteiger partial charge in [0.1, 0.15) is 24.7 Å². The van der Waals surface area contributed by atoms with Crippen LogP contribution in [0, 0.1) is 0 Å². The molecular weight excluding hydrogens is 272 g/mol. The van der Waals surface area contributed by atoms with Crippen LogP contribution in [0.1, 0.15) is 52.7 Å². The summed E-state index contributed by atoms with van der Waals surface area (Å²) in [6.45, 7) is 21.5. The van der Waals surface area contributed by atoms with Gasteiger partial charge in [-0.3, -0.25) is 0 Å². The van der Waals surface area contributed by atoms with Crippen LogP contribution in [0.25, 0.3) is 0 Å². The highest BCUT2D eigenvalue weighted by molar-refractivity contribution is 5.51. The minimum Gasteiger partial charge on any atom is -0.489 e. The van der Waals surface area contributed by atoms with E-state index >= 15 is 0 Å². The van der Waals surface area contributed by atoms with Gasteiger partial charge in [-0.15, -0.1) is 0 Å². The van der Waals surface area contributed by atoms with Crippen LogP contribution in [0.2, 0.25) is 0 Å². The standard InChI is InChI=1S/C20H30O2/c1-9-11-21-17-13-16(20(6,7)8)18(22-12-10-2)14-15(17)19(3,4)5/h9-10,13-14H,1-2,11-12H2,3-8H3. The van der Waals surface area contributed by atoms with Gasteiger partial charge in [0, 0.05) is 11.1 Å². The van der Waals surface area contributed by atoms with Crippen LogP contribution in [-0.2, 0) is 10.8 Å². The lowest BCUT2D eigenvalue weighted by molar-refractivity contribution is 0.333. The van der Waals surface area contributed by atoms with Crippen molar-refractivity contribution in [1.29, 1.82) is 0 Å². The molecule has 22 heavy (non-hydrogen) atoms. The predicted octanol–water partition coefficient (Wildman–Crippen LogP) is 5.41. The Labute approximate surface area is 135 Å². The number of hydrogen-bond acceptors (Lipinski definition) is 2. The van der Waals surface area contributed by atoms with Crippen LogP contribution in [0.3, 0.4) is 0 Å². The highest BCUT2D eigenvalue weighted by Crippen LogP contribution is 2.41. The molecule has 0 atom stereocenters. The van der Waals surface area contributed by atoms with E-state index in [1.165, 1.54) is 0 Å². The van der Waals surface area contributed by atoms with E-state index in [9.17, 15) is 0 Å². The van der Waals surface area contributed by atoms with Gasteiger partial charge < -0.3 is 9.47 Å². The zero-order valence-corrected chi connectivity index (χ0v) is 15.0. The third-order valence-corrected chi connectivity index (χ3v) is 3.41. The second-order valence-corrected chi connectivity index (χ2v) is 7.54. The molecule has 0 saturated heterocycles. The summed E-state index contributed by atoms with van der Waals surface area (Å²) in [5.74, 6) is 1.81. The second-order valence-electron chi connectivity index (χ2n) is 7.54. The van der Waals surface area contributed by atoms with Crippen molar-refractivity contribution in [2.75, 3.05) is 13.2 Å². The highest BCUT2D eigenvalue weighted by Gasteiger charge is 2.26. The fourth-order valence-corrected chi connectivity index (χ4v) is 2.27. The zero-order chi connectivity index (χ0) is 17.0. The van der Waals surface area contributed by atoms with E-state index in [1.807, 2.05) is 0 Å². The first-order valence-electron chi connectivity index (χ1n) is 7.77. The van der Waals surface area contributed by atoms with E-state index in [1.54, 1.807) is 12.2 Å². The number of hydrogen-bond donors (Lipinski definition) is 0. The minimum absolute atomic E-state index is 0.0286. The van der Waals surface area contributed by atoms with Crippen LogP contribution in [0.5, 0.6) is 11.5 Å². The molecule has 2 heteroatoms. The van der Waals surface area contributed by atoms with E-state index < -0.39 is 0 Å². The second kappa shape index (κ2) is 7.04. The number of benzene rings is 1. The van der Waals surface area contributed by atoms with E-state index in [0.29, 0.717) is 13.2 Å². The summed E-state index contributed by atoms with van der Waals surface area (Å²) < 4.78 is 11.8. The van der Waals surface area contributed by atoms with Gasteiger partial charge in [-0.05, 0) is 23.0 Å². The van der Waals surface area contributed by atoms with Crippen molar-refractivity contribution in [1.82, 2.24) is 0 Å². The van der Waals surface area contributed by atoms with E-state index in [4.69, 9.17) is 9.47 Å². The van der Waals surface area contributed by atoms with Gasteiger partial charge in [0.2, 0.25) is 0 Å². The molecule has 1 aromatic carbocycles. The molecular formula is C20H30O2. The molecule has 0 unspecified atom stereocenters. The van der Waals surface area contributed by atoms with Crippen molar-refractivity contribution in [2.45, 2.75) is 52.4 Å². The molecule has 2 nitrogen and oxygen atoms in total. The molecule has 0 aromatic heterocycles. The van der Waals surface area contributed by atoms with Crippen LogP contribution in [0.15, 0.2) is 37.4 Å². The summed E-state index contributed by atoms with van der Waals surface area (Å²) in [7, 11) is 0. The Hall–Kier alpha value is -1.70. The average Bonchev–Trinajstić information content (AvgIpc) is 2.40. The third-order valence-electron chi connectivity index (χ3n) is 3.41. The van der Waals surface area contributed by atoms with Crippen molar-refractivity contribution in [3.63, 3.8) is 0 Å². The fraction of sp³-hybridized carbons (Fsp3) is 0.500. The Morgan fingerprint density at radius 3 is 1.32 bits per heavy atom. The highest BCUT2D eigenvalue weighted by atomic mass is 16.5. The van der Waals surface area contributed by atoms with Gasteiger partial charge in [-0.1, -0.05) is 66.9 Å². The average molecular weight is 302 g/mol. The summed E-state index contributed by atoms with van der Waals surface area (Å²) in [5, 5.41) is 0. The van der Waals surface area contributed by atoms with E-state index in [2.05, 4.69) is 66.8 Å². The topological polar surface area (TPSA) is 18.5 Å². The Bertz CT molecular complexity index is 478. The molecule has 0 aliphatic heterocycles. The first-order valence-corrected chi connectivity index (χ1v) is 7.77. The summed E-state index contributed by atoms with van der Waals surface area (Å²) in [6.07, 6.45) is 3.54. The Morgan fingerprint density at radius 1 is 0.773 bits per heavy atom. The molecule has 0 heterocycles. The first kappa shape index (κ1) is 18.3. The van der Waals surface area contributed by atoms with Crippen LogP contribution in [-0.4, -0.2) is 13.2 Å². The molecule has 0 saturated carbocycles. The molecule has 0 bridgehead atoms. The Morgan fingerprint density at radius 2 is 1.09 bits per heavy atom. The summed E-state index contributed by atoms with van der Waals surface area (Å²) in [5.41, 5.74) is 2.22. The zero-order valence-electron chi connectivity index (χ0n) is 15.0. The van der Waals surface area contributed by atoms with Crippen LogP contribution < -0.4 is 9.47 Å². The third kappa shape index (κ3) is 4.66. The predicted molar refractivity (Wildman–Crippen MR) is 95.2 cm³/mol. The molecule has 1 aromatic rings. The molecule has 0 spiro atoms. The van der Waals surface area contributed by atoms with E-state index in [0.717, 1.165) is 22.6 Å². The molecule has 122 valence electrons. The lowest BCUT2D eigenvalue weighted by atomic mass is 9.81. The largest absolute Gasteiger partial charge is 0.489 e. The van der Waals surface area contributed by atoms with Gasteiger partial charge in [0.25, 0.3) is 0 Å². The van der Waals surface area contributed by atoms with Gasteiger partial charge in [0.05, 0.1) is 0 Å². The molecule has 0 N–H and O–H groups in total. The van der Waals surface area contributed by atoms with Crippen molar-refractivity contribution in [3.8, 4) is 11.5 Å². The molecule has 0 amide bonds. The molecule has 0 aliphatic rings. The lowest BCUT2D eigenvalue weighted by Gasteiger charge is -2.29. The molecule has 0 fully saturated rings. The maximum Gasteiger partial charge on any atom is 0.124 e. The number of rotatable bonds is 6. The monoisotopic (exact) mass is 302 g/mol. The Kier molecular flexibility index (Phi) is 5.87. The van der Waals surface area contributed by atoms with E-state index in [-0.39, 0.29) is 10.8 Å². The van der Waals surface area contributed by atoms with Gasteiger partial charge in [-0.25, -0.2) is 0 Å². The summed E-state index contributed by atoms with van der Waals surface area (Å²) in [6, 6.07) is 4.23. The maximum atomic E-state index is 5.91. The van der Waals surface area contributed by atoms with Crippen LogP contribution in [0.4, 0.5) is 0 Å². The molecule has 1 rings (SSSR count). The summed E-state index contributed by atoms with van der Waals surface area (Å²) in [4.78, 5) is 0. The molecule has 0 radical (unpaired) electrons. The smallest absolute Gasteiger partial charge is 0.124 e. The lowest BCUT2D eigenvalue weighted by Crippen LogP contribution is -2.18. The molecule has 0 aliphatic carbocycles. The van der Waals surface area contributed by atoms with Gasteiger partial charge >= 0.3 is 0 Å².